The van der Waals surface area contributed by atoms with Gasteiger partial charge in [-0.25, -0.2) is 4.79 Å². The van der Waals surface area contributed by atoms with Crippen LogP contribution in [0.15, 0.2) is 42.7 Å². The van der Waals surface area contributed by atoms with E-state index in [1.807, 2.05) is 0 Å². The molecule has 3 rings (SSSR count). The maximum atomic E-state index is 12.1. The zero-order valence-electron chi connectivity index (χ0n) is 11.1. The molecule has 0 unspecified atom stereocenters. The monoisotopic (exact) mass is 292 g/mol. The van der Waals surface area contributed by atoms with Gasteiger partial charge in [0.15, 0.2) is 0 Å². The molecule has 0 bridgehead atoms. The van der Waals surface area contributed by atoms with E-state index < -0.39 is 17.8 Å². The summed E-state index contributed by atoms with van der Waals surface area (Å²) >= 11 is 0. The Bertz CT molecular complexity index is 816. The molecule has 1 aliphatic rings. The lowest BCUT2D eigenvalue weighted by Crippen LogP contribution is -2.32. The Kier molecular flexibility index (Phi) is 3.16. The number of terminal acetylenes is 1. The standard InChI is InChI=1S/C16H8N2O4/c1-2-10-7-11(9-17-8-10)16(21)22-18-14(19)12-5-3-4-6-13(12)15(18)20/h1,3-9H. The van der Waals surface area contributed by atoms with E-state index in [2.05, 4.69) is 10.9 Å². The van der Waals surface area contributed by atoms with Crippen LogP contribution in [0.2, 0.25) is 0 Å². The average molecular weight is 292 g/mol. The fraction of sp³-hybridized carbons (Fsp3) is 0. The Balaban J connectivity index is 1.85. The van der Waals surface area contributed by atoms with Crippen LogP contribution >= 0.6 is 0 Å². The van der Waals surface area contributed by atoms with Crippen molar-refractivity contribution in [1.29, 1.82) is 0 Å². The highest BCUT2D eigenvalue weighted by Crippen LogP contribution is 2.23. The first-order chi connectivity index (χ1) is 10.6. The van der Waals surface area contributed by atoms with Crippen LogP contribution in [0.3, 0.4) is 0 Å². The zero-order chi connectivity index (χ0) is 15.7. The summed E-state index contributed by atoms with van der Waals surface area (Å²) in [6, 6.07) is 7.60. The predicted molar refractivity (Wildman–Crippen MR) is 74.5 cm³/mol. The van der Waals surface area contributed by atoms with Crippen molar-refractivity contribution in [3.63, 3.8) is 0 Å². The van der Waals surface area contributed by atoms with Crippen LogP contribution in [0.25, 0.3) is 0 Å². The van der Waals surface area contributed by atoms with Gasteiger partial charge in [0.2, 0.25) is 0 Å². The van der Waals surface area contributed by atoms with Crippen molar-refractivity contribution in [3.05, 3.63) is 65.0 Å². The largest absolute Gasteiger partial charge is 0.365 e. The van der Waals surface area contributed by atoms with Crippen LogP contribution in [-0.2, 0) is 4.84 Å². The van der Waals surface area contributed by atoms with E-state index >= 15 is 0 Å². The lowest BCUT2D eigenvalue weighted by Gasteiger charge is -2.12. The lowest BCUT2D eigenvalue weighted by atomic mass is 10.1. The Hall–Kier alpha value is -3.46. The van der Waals surface area contributed by atoms with Gasteiger partial charge in [-0.2, -0.15) is 0 Å². The fourth-order valence-electron chi connectivity index (χ4n) is 2.02. The molecule has 0 N–H and O–H groups in total. The minimum atomic E-state index is -0.890. The number of pyridine rings is 1. The van der Waals surface area contributed by atoms with Gasteiger partial charge in [0.1, 0.15) is 0 Å². The Morgan fingerprint density at radius 1 is 1.14 bits per heavy atom. The van der Waals surface area contributed by atoms with Crippen LogP contribution in [0.4, 0.5) is 0 Å². The third kappa shape index (κ3) is 2.11. The summed E-state index contributed by atoms with van der Waals surface area (Å²) in [4.78, 5) is 44.9. The van der Waals surface area contributed by atoms with Crippen molar-refractivity contribution in [2.24, 2.45) is 0 Å². The van der Waals surface area contributed by atoms with Gasteiger partial charge in [-0.3, -0.25) is 14.6 Å². The van der Waals surface area contributed by atoms with Gasteiger partial charge in [-0.15, -0.1) is 6.42 Å². The first-order valence-corrected chi connectivity index (χ1v) is 6.23. The average Bonchev–Trinajstić information content (AvgIpc) is 2.80. The maximum absolute atomic E-state index is 12.1. The van der Waals surface area contributed by atoms with Crippen LogP contribution in [-0.4, -0.2) is 27.8 Å². The molecular weight excluding hydrogens is 284 g/mol. The van der Waals surface area contributed by atoms with Gasteiger partial charge in [0.25, 0.3) is 11.8 Å². The third-order valence-electron chi connectivity index (χ3n) is 3.07. The van der Waals surface area contributed by atoms with Crippen molar-refractivity contribution < 1.29 is 19.2 Å². The Morgan fingerprint density at radius 3 is 2.36 bits per heavy atom. The molecule has 0 spiro atoms. The second kappa shape index (κ2) is 5.14. The fourth-order valence-corrected chi connectivity index (χ4v) is 2.02. The molecule has 1 aliphatic heterocycles. The van der Waals surface area contributed by atoms with Crippen molar-refractivity contribution in [2.45, 2.75) is 0 Å². The molecule has 1 aromatic carbocycles. The molecule has 0 aliphatic carbocycles. The smallest absolute Gasteiger partial charge is 0.324 e. The molecule has 22 heavy (non-hydrogen) atoms. The van der Waals surface area contributed by atoms with Crippen LogP contribution in [0, 0.1) is 12.3 Å². The molecule has 2 amide bonds. The first-order valence-electron chi connectivity index (χ1n) is 6.23. The molecule has 6 nitrogen and oxygen atoms in total. The molecule has 0 saturated heterocycles. The molecule has 0 fully saturated rings. The quantitative estimate of drug-likeness (QED) is 0.618. The normalized spacial score (nSPS) is 12.8. The third-order valence-corrected chi connectivity index (χ3v) is 3.07. The molecular formula is C16H8N2O4. The van der Waals surface area contributed by atoms with E-state index in [1.165, 1.54) is 30.6 Å². The lowest BCUT2D eigenvalue weighted by molar-refractivity contribution is -0.0584. The van der Waals surface area contributed by atoms with Gasteiger partial charge in [-0.05, 0) is 18.2 Å². The van der Waals surface area contributed by atoms with Crippen molar-refractivity contribution in [2.75, 3.05) is 0 Å². The van der Waals surface area contributed by atoms with Gasteiger partial charge in [0, 0.05) is 18.0 Å². The van der Waals surface area contributed by atoms with E-state index in [1.54, 1.807) is 12.1 Å². The molecule has 106 valence electrons. The van der Waals surface area contributed by atoms with Crippen LogP contribution in [0.1, 0.15) is 36.6 Å². The predicted octanol–water partition coefficient (Wildman–Crippen LogP) is 1.43. The first kappa shape index (κ1) is 13.5. The number of aromatic nitrogens is 1. The van der Waals surface area contributed by atoms with Gasteiger partial charge in [0.05, 0.1) is 16.7 Å². The second-order valence-corrected chi connectivity index (χ2v) is 4.44. The summed E-state index contributed by atoms with van der Waals surface area (Å²) in [5, 5.41) is 0.440. The SMILES string of the molecule is C#Cc1cncc(C(=O)ON2C(=O)c3ccccc3C2=O)c1. The summed E-state index contributed by atoms with van der Waals surface area (Å²) in [5.74, 6) is 0.0697. The molecule has 0 atom stereocenters. The summed E-state index contributed by atoms with van der Waals surface area (Å²) in [6.07, 6.45) is 7.86. The summed E-state index contributed by atoms with van der Waals surface area (Å²) in [5.41, 5.74) is 0.815. The molecule has 0 radical (unpaired) electrons. The second-order valence-electron chi connectivity index (χ2n) is 4.44. The highest BCUT2D eigenvalue weighted by atomic mass is 16.7. The molecule has 0 saturated carbocycles. The highest BCUT2D eigenvalue weighted by Gasteiger charge is 2.38. The van der Waals surface area contributed by atoms with Crippen LogP contribution < -0.4 is 0 Å². The number of carbonyl (C=O) groups excluding carboxylic acids is 3. The molecule has 1 aromatic heterocycles. The molecule has 6 heteroatoms. The number of imide groups is 1. The Morgan fingerprint density at radius 2 is 1.77 bits per heavy atom. The topological polar surface area (TPSA) is 76.6 Å². The van der Waals surface area contributed by atoms with E-state index in [0.717, 1.165) is 0 Å². The van der Waals surface area contributed by atoms with Crippen molar-refractivity contribution in [1.82, 2.24) is 10.0 Å². The number of hydrogen-bond donors (Lipinski definition) is 0. The van der Waals surface area contributed by atoms with Crippen molar-refractivity contribution in [3.8, 4) is 12.3 Å². The number of fused-ring (bicyclic) bond motifs is 1. The summed E-state index contributed by atoms with van der Waals surface area (Å²) in [7, 11) is 0. The van der Waals surface area contributed by atoms with E-state index in [9.17, 15) is 14.4 Å². The van der Waals surface area contributed by atoms with E-state index in [-0.39, 0.29) is 16.7 Å². The van der Waals surface area contributed by atoms with Gasteiger partial charge in [-0.1, -0.05) is 23.1 Å². The number of amides is 2. The van der Waals surface area contributed by atoms with E-state index in [0.29, 0.717) is 10.6 Å². The highest BCUT2D eigenvalue weighted by molar-refractivity contribution is 6.21. The number of hydroxylamine groups is 2. The minimum Gasteiger partial charge on any atom is -0.324 e. The maximum Gasteiger partial charge on any atom is 0.365 e. The summed E-state index contributed by atoms with van der Waals surface area (Å²) in [6.45, 7) is 0. The Labute approximate surface area is 125 Å². The number of benzene rings is 1. The van der Waals surface area contributed by atoms with Gasteiger partial charge >= 0.3 is 5.97 Å². The summed E-state index contributed by atoms with van der Waals surface area (Å²) < 4.78 is 0. The van der Waals surface area contributed by atoms with Crippen LogP contribution in [0.5, 0.6) is 0 Å². The number of carbonyl (C=O) groups is 3. The molecule has 2 heterocycles. The number of rotatable bonds is 2. The van der Waals surface area contributed by atoms with Crippen molar-refractivity contribution >= 4 is 17.8 Å². The van der Waals surface area contributed by atoms with Gasteiger partial charge < -0.3 is 4.84 Å². The van der Waals surface area contributed by atoms with E-state index in [4.69, 9.17) is 11.3 Å². The minimum absolute atomic E-state index is 0.0482. The zero-order valence-corrected chi connectivity index (χ0v) is 11.1. The number of nitrogens with zero attached hydrogens (tertiary/aromatic N) is 2. The molecule has 2 aromatic rings. The number of hydrogen-bond acceptors (Lipinski definition) is 5.